The fourth-order valence-electron chi connectivity index (χ4n) is 3.38. The lowest BCUT2D eigenvalue weighted by Gasteiger charge is -2.33. The van der Waals surface area contributed by atoms with E-state index in [2.05, 4.69) is 11.0 Å². The monoisotopic (exact) mass is 358 g/mol. The highest BCUT2D eigenvalue weighted by Crippen LogP contribution is 2.20. The summed E-state index contributed by atoms with van der Waals surface area (Å²) in [6.45, 7) is 5.21. The number of piperidine rings is 1. The van der Waals surface area contributed by atoms with E-state index in [1.54, 1.807) is 12.1 Å². The van der Waals surface area contributed by atoms with E-state index in [0.29, 0.717) is 31.2 Å². The number of rotatable bonds is 5. The summed E-state index contributed by atoms with van der Waals surface area (Å²) in [6, 6.07) is 6.88. The van der Waals surface area contributed by atoms with E-state index in [9.17, 15) is 9.59 Å². The zero-order valence-corrected chi connectivity index (χ0v) is 15.0. The Morgan fingerprint density at radius 1 is 1.08 bits per heavy atom. The van der Waals surface area contributed by atoms with Crippen LogP contribution in [0.15, 0.2) is 30.3 Å². The first kappa shape index (κ1) is 18.6. The lowest BCUT2D eigenvalue weighted by atomic mass is 9.95. The molecule has 140 valence electrons. The Morgan fingerprint density at radius 2 is 1.73 bits per heavy atom. The van der Waals surface area contributed by atoms with Crippen molar-refractivity contribution in [1.29, 1.82) is 0 Å². The van der Waals surface area contributed by atoms with E-state index in [-0.39, 0.29) is 5.91 Å². The molecule has 2 aliphatic heterocycles. The van der Waals surface area contributed by atoms with Crippen LogP contribution in [0.3, 0.4) is 0 Å². The van der Waals surface area contributed by atoms with Crippen LogP contribution in [0.5, 0.6) is 0 Å². The van der Waals surface area contributed by atoms with Crippen molar-refractivity contribution in [3.8, 4) is 0 Å². The first-order valence-electron chi connectivity index (χ1n) is 9.21. The summed E-state index contributed by atoms with van der Waals surface area (Å²) in [6.07, 6.45) is 6.16. The van der Waals surface area contributed by atoms with Gasteiger partial charge in [0.1, 0.15) is 0 Å². The van der Waals surface area contributed by atoms with Crippen LogP contribution in [0.2, 0.25) is 0 Å². The van der Waals surface area contributed by atoms with Gasteiger partial charge in [0.2, 0.25) is 5.91 Å². The zero-order chi connectivity index (χ0) is 18.4. The molecule has 1 N–H and O–H groups in total. The van der Waals surface area contributed by atoms with Crippen LogP contribution in [0, 0.1) is 5.92 Å². The van der Waals surface area contributed by atoms with Crippen molar-refractivity contribution in [3.63, 3.8) is 0 Å². The Hall–Kier alpha value is -2.18. The molecule has 0 atom stereocenters. The second kappa shape index (κ2) is 8.96. The predicted octanol–water partition coefficient (Wildman–Crippen LogP) is 1.97. The zero-order valence-electron chi connectivity index (χ0n) is 15.0. The number of carbonyl (C=O) groups is 2. The molecule has 0 spiro atoms. The topological polar surface area (TPSA) is 70.1 Å². The summed E-state index contributed by atoms with van der Waals surface area (Å²) < 4.78 is 5.32. The van der Waals surface area contributed by atoms with Crippen molar-refractivity contribution in [2.75, 3.05) is 45.9 Å². The Kier molecular flexibility index (Phi) is 6.41. The highest BCUT2D eigenvalue weighted by atomic mass is 16.5. The number of aromatic carboxylic acids is 1. The van der Waals surface area contributed by atoms with Crippen LogP contribution < -0.4 is 0 Å². The molecule has 2 fully saturated rings. The smallest absolute Gasteiger partial charge is 0.335 e. The molecule has 0 radical (unpaired) electrons. The van der Waals surface area contributed by atoms with Gasteiger partial charge in [0.25, 0.3) is 0 Å². The predicted molar refractivity (Wildman–Crippen MR) is 99.0 cm³/mol. The number of amides is 1. The third kappa shape index (κ3) is 5.16. The average Bonchev–Trinajstić information content (AvgIpc) is 2.68. The maximum absolute atomic E-state index is 12.4. The minimum absolute atomic E-state index is 0.221. The molecule has 2 heterocycles. The number of carboxylic acids is 1. The van der Waals surface area contributed by atoms with Crippen molar-refractivity contribution < 1.29 is 19.4 Å². The number of hydrogen-bond acceptors (Lipinski definition) is 4. The number of nitrogens with zero attached hydrogens (tertiary/aromatic N) is 2. The summed E-state index contributed by atoms with van der Waals surface area (Å²) in [4.78, 5) is 27.4. The minimum Gasteiger partial charge on any atom is -0.478 e. The molecule has 1 aromatic carbocycles. The van der Waals surface area contributed by atoms with E-state index in [1.807, 2.05) is 23.1 Å². The Morgan fingerprint density at radius 3 is 2.35 bits per heavy atom. The van der Waals surface area contributed by atoms with Gasteiger partial charge in [-0.05, 0) is 36.5 Å². The molecule has 6 heteroatoms. The summed E-state index contributed by atoms with van der Waals surface area (Å²) in [5, 5.41) is 8.92. The number of allylic oxidation sites excluding steroid dienone is 1. The summed E-state index contributed by atoms with van der Waals surface area (Å²) in [5.41, 5.74) is 1.30. The molecule has 0 saturated carbocycles. The first-order chi connectivity index (χ1) is 12.6. The molecule has 0 aromatic heterocycles. The fraction of sp³-hybridized carbons (Fsp3) is 0.500. The van der Waals surface area contributed by atoms with Gasteiger partial charge < -0.3 is 14.7 Å². The molecular formula is C20H26N2O4. The van der Waals surface area contributed by atoms with E-state index in [0.717, 1.165) is 44.6 Å². The second-order valence-corrected chi connectivity index (χ2v) is 6.89. The Bertz CT molecular complexity index is 642. The van der Waals surface area contributed by atoms with Crippen LogP contribution in [0.25, 0.3) is 6.08 Å². The third-order valence-corrected chi connectivity index (χ3v) is 5.07. The lowest BCUT2D eigenvalue weighted by molar-refractivity contribution is -0.134. The van der Waals surface area contributed by atoms with Gasteiger partial charge in [0.15, 0.2) is 0 Å². The van der Waals surface area contributed by atoms with Crippen LogP contribution in [-0.4, -0.2) is 72.7 Å². The quantitative estimate of drug-likeness (QED) is 0.871. The van der Waals surface area contributed by atoms with E-state index < -0.39 is 5.97 Å². The molecule has 2 saturated heterocycles. The van der Waals surface area contributed by atoms with Crippen LogP contribution in [0.1, 0.15) is 28.8 Å². The summed E-state index contributed by atoms with van der Waals surface area (Å²) in [7, 11) is 0. The normalized spacial score (nSPS) is 19.8. The van der Waals surface area contributed by atoms with Crippen molar-refractivity contribution in [1.82, 2.24) is 9.80 Å². The van der Waals surface area contributed by atoms with Gasteiger partial charge in [0.05, 0.1) is 25.3 Å². The van der Waals surface area contributed by atoms with E-state index >= 15 is 0 Å². The lowest BCUT2D eigenvalue weighted by Crippen LogP contribution is -2.46. The molecule has 0 bridgehead atoms. The first-order valence-corrected chi connectivity index (χ1v) is 9.21. The molecule has 6 nitrogen and oxygen atoms in total. The van der Waals surface area contributed by atoms with Gasteiger partial charge in [0, 0.05) is 26.2 Å². The Labute approximate surface area is 154 Å². The van der Waals surface area contributed by atoms with Crippen molar-refractivity contribution in [3.05, 3.63) is 41.5 Å². The van der Waals surface area contributed by atoms with Crippen LogP contribution in [0.4, 0.5) is 0 Å². The highest BCUT2D eigenvalue weighted by molar-refractivity contribution is 5.87. The number of carboxylic acid groups (broad SMARTS) is 1. The largest absolute Gasteiger partial charge is 0.478 e. The van der Waals surface area contributed by atoms with Gasteiger partial charge in [-0.15, -0.1) is 0 Å². The molecule has 26 heavy (non-hydrogen) atoms. The van der Waals surface area contributed by atoms with Gasteiger partial charge >= 0.3 is 5.97 Å². The number of benzene rings is 1. The maximum Gasteiger partial charge on any atom is 0.335 e. The van der Waals surface area contributed by atoms with E-state index in [1.165, 1.54) is 0 Å². The summed E-state index contributed by atoms with van der Waals surface area (Å²) in [5.74, 6) is -0.227. The maximum atomic E-state index is 12.4. The molecule has 1 amide bonds. The molecular weight excluding hydrogens is 332 g/mol. The van der Waals surface area contributed by atoms with Crippen molar-refractivity contribution in [2.45, 2.75) is 12.8 Å². The van der Waals surface area contributed by atoms with E-state index in [4.69, 9.17) is 9.84 Å². The van der Waals surface area contributed by atoms with Crippen molar-refractivity contribution in [2.24, 2.45) is 5.92 Å². The van der Waals surface area contributed by atoms with Crippen LogP contribution in [-0.2, 0) is 9.53 Å². The van der Waals surface area contributed by atoms with Gasteiger partial charge in [-0.3, -0.25) is 9.69 Å². The number of carbonyl (C=O) groups excluding carboxylic acids is 1. The number of morpholine rings is 1. The van der Waals surface area contributed by atoms with Gasteiger partial charge in [-0.25, -0.2) is 4.79 Å². The van der Waals surface area contributed by atoms with Crippen LogP contribution >= 0.6 is 0 Å². The average molecular weight is 358 g/mol. The standard InChI is InChI=1S/C20H26N2O4/c23-19(15-21-11-13-26-14-12-21)22-9-7-17(8-10-22)2-1-16-3-5-18(6-4-16)20(24)25/h1-6,17H,7-15H2,(H,24,25). The van der Waals surface area contributed by atoms with Crippen molar-refractivity contribution >= 4 is 18.0 Å². The second-order valence-electron chi connectivity index (χ2n) is 6.89. The molecule has 0 aliphatic carbocycles. The molecule has 2 aliphatic rings. The number of hydrogen-bond donors (Lipinski definition) is 1. The van der Waals surface area contributed by atoms with Gasteiger partial charge in [-0.2, -0.15) is 0 Å². The molecule has 0 unspecified atom stereocenters. The molecule has 1 aromatic rings. The van der Waals surface area contributed by atoms with Gasteiger partial charge in [-0.1, -0.05) is 24.3 Å². The minimum atomic E-state index is -0.908. The summed E-state index contributed by atoms with van der Waals surface area (Å²) >= 11 is 0. The number of ether oxygens (including phenoxy) is 1. The molecule has 3 rings (SSSR count). The Balaban J connectivity index is 1.44. The highest BCUT2D eigenvalue weighted by Gasteiger charge is 2.23. The number of likely N-dealkylation sites (tertiary alicyclic amines) is 1. The third-order valence-electron chi connectivity index (χ3n) is 5.07. The SMILES string of the molecule is O=C(O)c1ccc(C=CC2CCN(C(=O)CN3CCOCC3)CC2)cc1. The fourth-order valence-corrected chi connectivity index (χ4v) is 3.38.